The zero-order chi connectivity index (χ0) is 17.5. The first-order chi connectivity index (χ1) is 12.2. The normalized spacial score (nSPS) is 14.4. The summed E-state index contributed by atoms with van der Waals surface area (Å²) in [6, 6.07) is 7.67. The van der Waals surface area contributed by atoms with Gasteiger partial charge in [0.2, 0.25) is 5.91 Å². The van der Waals surface area contributed by atoms with E-state index in [1.165, 1.54) is 11.3 Å². The van der Waals surface area contributed by atoms with E-state index < -0.39 is 0 Å². The summed E-state index contributed by atoms with van der Waals surface area (Å²) in [6.45, 7) is 3.57. The molecule has 1 N–H and O–H groups in total. The van der Waals surface area contributed by atoms with Crippen molar-refractivity contribution in [3.63, 3.8) is 0 Å². The maximum atomic E-state index is 12.3. The Labute approximate surface area is 151 Å². The van der Waals surface area contributed by atoms with Crippen LogP contribution in [0.1, 0.15) is 23.2 Å². The minimum Gasteiger partial charge on any atom is -0.353 e. The van der Waals surface area contributed by atoms with E-state index in [4.69, 9.17) is 0 Å². The van der Waals surface area contributed by atoms with Gasteiger partial charge < -0.3 is 15.1 Å². The zero-order valence-corrected chi connectivity index (χ0v) is 14.9. The van der Waals surface area contributed by atoms with E-state index >= 15 is 0 Å². The average molecular weight is 358 g/mol. The fourth-order valence-corrected chi connectivity index (χ4v) is 3.46. The van der Waals surface area contributed by atoms with Crippen LogP contribution >= 0.6 is 11.3 Å². The SMILES string of the molecule is O=C(NCCCC(=O)N1CCN(c2ccccn2)CC1)c1ccsc1. The van der Waals surface area contributed by atoms with Gasteiger partial charge in [0, 0.05) is 56.3 Å². The van der Waals surface area contributed by atoms with E-state index in [2.05, 4.69) is 15.2 Å². The van der Waals surface area contributed by atoms with E-state index in [1.54, 1.807) is 12.3 Å². The lowest BCUT2D eigenvalue weighted by molar-refractivity contribution is -0.131. The summed E-state index contributed by atoms with van der Waals surface area (Å²) < 4.78 is 0. The highest BCUT2D eigenvalue weighted by molar-refractivity contribution is 7.08. The second-order valence-corrected chi connectivity index (χ2v) is 6.71. The van der Waals surface area contributed by atoms with Gasteiger partial charge in [-0.25, -0.2) is 4.98 Å². The van der Waals surface area contributed by atoms with Gasteiger partial charge in [0.1, 0.15) is 5.82 Å². The molecule has 25 heavy (non-hydrogen) atoms. The number of carbonyl (C=O) groups is 2. The maximum Gasteiger partial charge on any atom is 0.252 e. The van der Waals surface area contributed by atoms with Gasteiger partial charge in [0.05, 0.1) is 0 Å². The van der Waals surface area contributed by atoms with E-state index in [9.17, 15) is 9.59 Å². The standard InChI is InChI=1S/C18H22N4O2S/c23-17(5-3-8-20-18(24)15-6-13-25-14-15)22-11-9-21(10-12-22)16-4-1-2-7-19-16/h1-2,4,6-7,13-14H,3,5,8-12H2,(H,20,24). The van der Waals surface area contributed by atoms with E-state index in [1.807, 2.05) is 33.9 Å². The predicted octanol–water partition coefficient (Wildman–Crippen LogP) is 2.00. The van der Waals surface area contributed by atoms with Gasteiger partial charge in [-0.1, -0.05) is 6.07 Å². The topological polar surface area (TPSA) is 65.5 Å². The fourth-order valence-electron chi connectivity index (χ4n) is 2.82. The predicted molar refractivity (Wildman–Crippen MR) is 98.9 cm³/mol. The number of nitrogens with zero attached hydrogens (tertiary/aromatic N) is 3. The van der Waals surface area contributed by atoms with E-state index in [0.29, 0.717) is 24.9 Å². The molecule has 1 fully saturated rings. The number of thiophene rings is 1. The van der Waals surface area contributed by atoms with Crippen molar-refractivity contribution in [1.29, 1.82) is 0 Å². The number of rotatable bonds is 6. The summed E-state index contributed by atoms with van der Waals surface area (Å²) in [7, 11) is 0. The number of carbonyl (C=O) groups excluding carboxylic acids is 2. The Bertz CT molecular complexity index is 682. The highest BCUT2D eigenvalue weighted by atomic mass is 32.1. The largest absolute Gasteiger partial charge is 0.353 e. The van der Waals surface area contributed by atoms with Gasteiger partial charge in [-0.15, -0.1) is 0 Å². The highest BCUT2D eigenvalue weighted by Crippen LogP contribution is 2.13. The van der Waals surface area contributed by atoms with Crippen molar-refractivity contribution >= 4 is 29.0 Å². The van der Waals surface area contributed by atoms with Crippen LogP contribution in [0, 0.1) is 0 Å². The number of piperazine rings is 1. The van der Waals surface area contributed by atoms with Crippen molar-refractivity contribution in [2.75, 3.05) is 37.6 Å². The Morgan fingerprint density at radius 3 is 2.68 bits per heavy atom. The third-order valence-corrected chi connectivity index (χ3v) is 4.93. The average Bonchev–Trinajstić information content (AvgIpc) is 3.21. The quantitative estimate of drug-likeness (QED) is 0.802. The molecule has 3 rings (SSSR count). The first-order valence-corrected chi connectivity index (χ1v) is 9.42. The van der Waals surface area contributed by atoms with Gasteiger partial charge in [-0.2, -0.15) is 11.3 Å². The minimum atomic E-state index is -0.0716. The van der Waals surface area contributed by atoms with E-state index in [0.717, 1.165) is 32.0 Å². The number of amides is 2. The molecule has 6 nitrogen and oxygen atoms in total. The van der Waals surface area contributed by atoms with Crippen molar-refractivity contribution in [2.45, 2.75) is 12.8 Å². The van der Waals surface area contributed by atoms with Crippen molar-refractivity contribution in [1.82, 2.24) is 15.2 Å². The lowest BCUT2D eigenvalue weighted by Crippen LogP contribution is -2.49. The van der Waals surface area contributed by atoms with E-state index in [-0.39, 0.29) is 11.8 Å². The molecule has 7 heteroatoms. The molecule has 2 amide bonds. The molecule has 0 aromatic carbocycles. The Balaban J connectivity index is 1.35. The smallest absolute Gasteiger partial charge is 0.252 e. The van der Waals surface area contributed by atoms with Crippen LogP contribution in [0.5, 0.6) is 0 Å². The van der Waals surface area contributed by atoms with Gasteiger partial charge in [0.15, 0.2) is 0 Å². The summed E-state index contributed by atoms with van der Waals surface area (Å²) in [5.41, 5.74) is 0.682. The number of nitrogens with one attached hydrogen (secondary N) is 1. The molecule has 0 unspecified atom stereocenters. The van der Waals surface area contributed by atoms with Crippen molar-refractivity contribution in [3.05, 3.63) is 46.8 Å². The summed E-state index contributed by atoms with van der Waals surface area (Å²) in [5.74, 6) is 1.05. The molecule has 0 saturated carbocycles. The van der Waals surface area contributed by atoms with Crippen LogP contribution in [0.3, 0.4) is 0 Å². The molecular weight excluding hydrogens is 336 g/mol. The number of pyridine rings is 1. The molecule has 1 aliphatic heterocycles. The maximum absolute atomic E-state index is 12.3. The molecule has 0 radical (unpaired) electrons. The van der Waals surface area contributed by atoms with Gasteiger partial charge in [-0.3, -0.25) is 9.59 Å². The van der Waals surface area contributed by atoms with Gasteiger partial charge in [-0.05, 0) is 30.0 Å². The van der Waals surface area contributed by atoms with Crippen LogP contribution in [0.2, 0.25) is 0 Å². The number of hydrogen-bond donors (Lipinski definition) is 1. The molecule has 132 valence electrons. The van der Waals surface area contributed by atoms with Crippen LogP contribution in [-0.2, 0) is 4.79 Å². The summed E-state index contributed by atoms with van der Waals surface area (Å²) in [4.78, 5) is 32.6. The molecule has 0 aliphatic carbocycles. The Kier molecular flexibility index (Phi) is 6.00. The van der Waals surface area contributed by atoms with Crippen molar-refractivity contribution in [3.8, 4) is 0 Å². The number of anilines is 1. The van der Waals surface area contributed by atoms with Crippen LogP contribution in [0.15, 0.2) is 41.2 Å². The van der Waals surface area contributed by atoms with Crippen LogP contribution < -0.4 is 10.2 Å². The molecule has 2 aromatic heterocycles. The molecule has 1 saturated heterocycles. The molecule has 1 aliphatic rings. The molecular formula is C18H22N4O2S. The van der Waals surface area contributed by atoms with Crippen LogP contribution in [0.4, 0.5) is 5.82 Å². The van der Waals surface area contributed by atoms with Crippen LogP contribution in [-0.4, -0.2) is 54.4 Å². The second-order valence-electron chi connectivity index (χ2n) is 5.93. The fraction of sp³-hybridized carbons (Fsp3) is 0.389. The molecule has 0 bridgehead atoms. The highest BCUT2D eigenvalue weighted by Gasteiger charge is 2.21. The third kappa shape index (κ3) is 4.79. The van der Waals surface area contributed by atoms with Crippen LogP contribution in [0.25, 0.3) is 0 Å². The molecule has 0 spiro atoms. The summed E-state index contributed by atoms with van der Waals surface area (Å²) in [6.07, 6.45) is 2.92. The van der Waals surface area contributed by atoms with Gasteiger partial charge >= 0.3 is 0 Å². The van der Waals surface area contributed by atoms with Crippen molar-refractivity contribution < 1.29 is 9.59 Å². The minimum absolute atomic E-state index is 0.0716. The monoisotopic (exact) mass is 358 g/mol. The summed E-state index contributed by atoms with van der Waals surface area (Å²) >= 11 is 1.50. The lowest BCUT2D eigenvalue weighted by Gasteiger charge is -2.35. The Hall–Kier alpha value is -2.41. The number of aromatic nitrogens is 1. The molecule has 3 heterocycles. The first kappa shape index (κ1) is 17.4. The lowest BCUT2D eigenvalue weighted by atomic mass is 10.2. The number of hydrogen-bond acceptors (Lipinski definition) is 5. The second kappa shape index (κ2) is 8.62. The first-order valence-electron chi connectivity index (χ1n) is 8.48. The summed E-state index contributed by atoms with van der Waals surface area (Å²) in [5, 5.41) is 6.55. The van der Waals surface area contributed by atoms with Crippen molar-refractivity contribution in [2.24, 2.45) is 0 Å². The zero-order valence-electron chi connectivity index (χ0n) is 14.1. The Morgan fingerprint density at radius 1 is 1.16 bits per heavy atom. The molecule has 0 atom stereocenters. The molecule has 2 aromatic rings. The third-order valence-electron chi connectivity index (χ3n) is 4.24. The van der Waals surface area contributed by atoms with Gasteiger partial charge in [0.25, 0.3) is 5.91 Å². The Morgan fingerprint density at radius 2 is 2.00 bits per heavy atom.